The molecule has 0 aliphatic carbocycles. The number of H-pyrrole nitrogens is 1. The number of hydrogen-bond donors (Lipinski definition) is 1. The Balaban J connectivity index is 1.71. The van der Waals surface area contributed by atoms with Crippen LogP contribution < -0.4 is 10.3 Å². The normalized spacial score (nSPS) is 13.0. The van der Waals surface area contributed by atoms with Gasteiger partial charge in [0.05, 0.1) is 12.3 Å². The maximum Gasteiger partial charge on any atom is 0.273 e. The van der Waals surface area contributed by atoms with Gasteiger partial charge < -0.3 is 4.74 Å². The number of hydrogen-bond acceptors (Lipinski definition) is 3. The molecule has 0 unspecified atom stereocenters. The lowest BCUT2D eigenvalue weighted by Gasteiger charge is -2.05. The molecule has 0 amide bonds. The van der Waals surface area contributed by atoms with Crippen LogP contribution in [-0.2, 0) is 6.42 Å². The molecule has 0 bridgehead atoms. The summed E-state index contributed by atoms with van der Waals surface area (Å²) in [6.45, 7) is 0.712. The van der Waals surface area contributed by atoms with E-state index in [9.17, 15) is 4.79 Å². The molecule has 0 saturated carbocycles. The molecule has 5 rings (SSSR count). The van der Waals surface area contributed by atoms with E-state index < -0.39 is 0 Å². The lowest BCUT2D eigenvalue weighted by atomic mass is 10.1. The number of ether oxygens (including phenoxy) is 1. The fourth-order valence-electron chi connectivity index (χ4n) is 3.31. The zero-order valence-electron chi connectivity index (χ0n) is 13.4. The van der Waals surface area contributed by atoms with Crippen LogP contribution in [0, 0.1) is 0 Å². The van der Waals surface area contributed by atoms with Crippen molar-refractivity contribution in [1.29, 1.82) is 0 Å². The van der Waals surface area contributed by atoms with Crippen LogP contribution in [0.1, 0.15) is 5.56 Å². The van der Waals surface area contributed by atoms with Crippen molar-refractivity contribution in [3.8, 4) is 28.1 Å². The highest BCUT2D eigenvalue weighted by molar-refractivity contribution is 5.78. The first-order valence-electron chi connectivity index (χ1n) is 8.22. The molecule has 0 radical (unpaired) electrons. The molecule has 3 heterocycles. The summed E-state index contributed by atoms with van der Waals surface area (Å²) in [6, 6.07) is 17.5. The third-order valence-electron chi connectivity index (χ3n) is 4.57. The highest BCUT2D eigenvalue weighted by atomic mass is 16.5. The predicted octanol–water partition coefficient (Wildman–Crippen LogP) is 3.29. The van der Waals surface area contributed by atoms with Gasteiger partial charge in [0.2, 0.25) is 0 Å². The van der Waals surface area contributed by atoms with Gasteiger partial charge in [-0.05, 0) is 29.3 Å². The minimum Gasteiger partial charge on any atom is -0.493 e. The van der Waals surface area contributed by atoms with Crippen LogP contribution in [-0.4, -0.2) is 21.2 Å². The molecule has 0 spiro atoms. The monoisotopic (exact) mass is 329 g/mol. The van der Waals surface area contributed by atoms with E-state index in [1.54, 1.807) is 6.07 Å². The Morgan fingerprint density at radius 1 is 1.04 bits per heavy atom. The van der Waals surface area contributed by atoms with Crippen LogP contribution in [0.3, 0.4) is 0 Å². The standard InChI is InChI=1S/C20H15N3O2/c24-19-11-17(14-6-7-18-15(10-14)8-9-25-18)22-20-16(12-21-23(19)20)13-4-2-1-3-5-13/h1-7,10-12,21H,8-9H2. The van der Waals surface area contributed by atoms with Gasteiger partial charge >= 0.3 is 0 Å². The molecule has 1 N–H and O–H groups in total. The molecular formula is C20H15N3O2. The number of nitrogens with zero attached hydrogens (tertiary/aromatic N) is 2. The SMILES string of the molecule is O=c1cc(-c2ccc3c(c2)CCO3)nc2c(-c3ccccc3)c[nH]n12. The number of fused-ring (bicyclic) bond motifs is 2. The lowest BCUT2D eigenvalue weighted by Crippen LogP contribution is -2.14. The van der Waals surface area contributed by atoms with E-state index in [1.807, 2.05) is 48.7 Å². The van der Waals surface area contributed by atoms with E-state index in [-0.39, 0.29) is 5.56 Å². The van der Waals surface area contributed by atoms with E-state index in [2.05, 4.69) is 11.2 Å². The van der Waals surface area contributed by atoms with Gasteiger partial charge in [-0.1, -0.05) is 30.3 Å². The van der Waals surface area contributed by atoms with E-state index in [4.69, 9.17) is 9.72 Å². The number of nitrogens with one attached hydrogen (secondary N) is 1. The Labute approximate surface area is 143 Å². The molecule has 25 heavy (non-hydrogen) atoms. The Morgan fingerprint density at radius 2 is 1.92 bits per heavy atom. The second-order valence-electron chi connectivity index (χ2n) is 6.11. The molecule has 1 aliphatic rings. The minimum atomic E-state index is -0.126. The van der Waals surface area contributed by atoms with Crippen molar-refractivity contribution in [3.63, 3.8) is 0 Å². The molecule has 5 nitrogen and oxygen atoms in total. The molecule has 2 aromatic heterocycles. The molecule has 122 valence electrons. The van der Waals surface area contributed by atoms with Crippen LogP contribution in [0.2, 0.25) is 0 Å². The Hall–Kier alpha value is -3.34. The zero-order valence-corrected chi connectivity index (χ0v) is 13.4. The van der Waals surface area contributed by atoms with Gasteiger partial charge in [-0.2, -0.15) is 0 Å². The molecule has 0 fully saturated rings. The van der Waals surface area contributed by atoms with Crippen molar-refractivity contribution in [3.05, 3.63) is 76.7 Å². The van der Waals surface area contributed by atoms with Gasteiger partial charge in [-0.3, -0.25) is 9.89 Å². The van der Waals surface area contributed by atoms with E-state index in [0.29, 0.717) is 17.9 Å². The van der Waals surface area contributed by atoms with Gasteiger partial charge in [0.1, 0.15) is 5.75 Å². The number of aromatic amines is 1. The van der Waals surface area contributed by atoms with Crippen LogP contribution in [0.4, 0.5) is 0 Å². The van der Waals surface area contributed by atoms with Gasteiger partial charge in [-0.25, -0.2) is 9.50 Å². The number of rotatable bonds is 2. The fourth-order valence-corrected chi connectivity index (χ4v) is 3.31. The second-order valence-corrected chi connectivity index (χ2v) is 6.11. The van der Waals surface area contributed by atoms with Crippen LogP contribution in [0.25, 0.3) is 28.0 Å². The molecule has 1 aliphatic heterocycles. The van der Waals surface area contributed by atoms with Crippen molar-refractivity contribution in [1.82, 2.24) is 14.6 Å². The molecule has 0 atom stereocenters. The van der Waals surface area contributed by atoms with E-state index in [0.717, 1.165) is 34.4 Å². The molecule has 2 aromatic carbocycles. The van der Waals surface area contributed by atoms with Gasteiger partial charge in [0.15, 0.2) is 5.65 Å². The maximum absolute atomic E-state index is 12.5. The van der Waals surface area contributed by atoms with Crippen LogP contribution >= 0.6 is 0 Å². The third kappa shape index (κ3) is 2.24. The summed E-state index contributed by atoms with van der Waals surface area (Å²) in [5.41, 5.74) is 5.21. The first-order valence-corrected chi connectivity index (χ1v) is 8.22. The summed E-state index contributed by atoms with van der Waals surface area (Å²) in [5, 5.41) is 3.00. The second kappa shape index (κ2) is 5.34. The van der Waals surface area contributed by atoms with Crippen molar-refractivity contribution in [2.45, 2.75) is 6.42 Å². The average molecular weight is 329 g/mol. The summed E-state index contributed by atoms with van der Waals surface area (Å²) in [6.07, 6.45) is 2.71. The summed E-state index contributed by atoms with van der Waals surface area (Å²) in [4.78, 5) is 17.3. The summed E-state index contributed by atoms with van der Waals surface area (Å²) in [5.74, 6) is 0.924. The van der Waals surface area contributed by atoms with Crippen molar-refractivity contribution in [2.24, 2.45) is 0 Å². The summed E-state index contributed by atoms with van der Waals surface area (Å²) in [7, 11) is 0. The van der Waals surface area contributed by atoms with Crippen LogP contribution in [0.5, 0.6) is 5.75 Å². The van der Waals surface area contributed by atoms with Gasteiger partial charge in [-0.15, -0.1) is 0 Å². The highest BCUT2D eigenvalue weighted by Crippen LogP contribution is 2.30. The minimum absolute atomic E-state index is 0.126. The summed E-state index contributed by atoms with van der Waals surface area (Å²) >= 11 is 0. The number of benzene rings is 2. The van der Waals surface area contributed by atoms with Gasteiger partial charge in [0, 0.05) is 29.8 Å². The van der Waals surface area contributed by atoms with E-state index in [1.165, 1.54) is 4.52 Å². The van der Waals surface area contributed by atoms with Crippen molar-refractivity contribution < 1.29 is 4.74 Å². The number of aromatic nitrogens is 3. The first-order chi connectivity index (χ1) is 12.3. The van der Waals surface area contributed by atoms with E-state index >= 15 is 0 Å². The summed E-state index contributed by atoms with van der Waals surface area (Å²) < 4.78 is 7.03. The average Bonchev–Trinajstić information content (AvgIpc) is 3.28. The quantitative estimate of drug-likeness (QED) is 0.614. The molecule has 4 aromatic rings. The first kappa shape index (κ1) is 14.0. The Bertz CT molecular complexity index is 1140. The van der Waals surface area contributed by atoms with Gasteiger partial charge in [0.25, 0.3) is 5.56 Å². The highest BCUT2D eigenvalue weighted by Gasteiger charge is 2.15. The van der Waals surface area contributed by atoms with Crippen molar-refractivity contribution in [2.75, 3.05) is 6.61 Å². The smallest absolute Gasteiger partial charge is 0.273 e. The van der Waals surface area contributed by atoms with Crippen LogP contribution in [0.15, 0.2) is 65.6 Å². The third-order valence-corrected chi connectivity index (χ3v) is 4.57. The Morgan fingerprint density at radius 3 is 2.80 bits per heavy atom. The largest absolute Gasteiger partial charge is 0.493 e. The molecule has 0 saturated heterocycles. The molecule has 5 heteroatoms. The topological polar surface area (TPSA) is 59.4 Å². The lowest BCUT2D eigenvalue weighted by molar-refractivity contribution is 0.357. The zero-order chi connectivity index (χ0) is 16.8. The predicted molar refractivity (Wildman–Crippen MR) is 95.9 cm³/mol. The fraction of sp³-hybridized carbons (Fsp3) is 0.100. The maximum atomic E-state index is 12.5. The molecular weight excluding hydrogens is 314 g/mol. The van der Waals surface area contributed by atoms with Crippen molar-refractivity contribution >= 4 is 5.65 Å². The Kier molecular flexibility index (Phi) is 3.00.